The summed E-state index contributed by atoms with van der Waals surface area (Å²) < 4.78 is 27.4. The summed E-state index contributed by atoms with van der Waals surface area (Å²) in [6, 6.07) is 13.7. The quantitative estimate of drug-likeness (QED) is 0.739. The highest BCUT2D eigenvalue weighted by Crippen LogP contribution is 2.32. The van der Waals surface area contributed by atoms with E-state index in [1.54, 1.807) is 12.1 Å². The Morgan fingerprint density at radius 1 is 1.11 bits per heavy atom. The number of carbonyl (C=O) groups is 1. The second kappa shape index (κ2) is 8.10. The number of nitrogens with one attached hydrogen (secondary N) is 1. The minimum absolute atomic E-state index is 0.191. The molecule has 0 unspecified atom stereocenters. The molecule has 27 heavy (non-hydrogen) atoms. The first-order valence-electron chi connectivity index (χ1n) is 9.03. The second-order valence-corrected chi connectivity index (χ2v) is 8.76. The average Bonchev–Trinajstić information content (AvgIpc) is 3.10. The number of sulfonamides is 1. The summed E-state index contributed by atoms with van der Waals surface area (Å²) in [5.41, 5.74) is 2.23. The zero-order chi connectivity index (χ0) is 19.4. The van der Waals surface area contributed by atoms with Gasteiger partial charge in [-0.3, -0.25) is 9.10 Å². The summed E-state index contributed by atoms with van der Waals surface area (Å²) in [5.74, 6) is -0.191. The van der Waals surface area contributed by atoms with Crippen molar-refractivity contribution in [3.8, 4) is 0 Å². The van der Waals surface area contributed by atoms with Crippen LogP contribution in [-0.4, -0.2) is 53.0 Å². The summed E-state index contributed by atoms with van der Waals surface area (Å²) in [5, 5.41) is 2.86. The van der Waals surface area contributed by atoms with Crippen molar-refractivity contribution in [2.24, 2.45) is 0 Å². The van der Waals surface area contributed by atoms with Crippen LogP contribution in [0.3, 0.4) is 0 Å². The van der Waals surface area contributed by atoms with Gasteiger partial charge in [-0.2, -0.15) is 0 Å². The van der Waals surface area contributed by atoms with Crippen molar-refractivity contribution < 1.29 is 13.2 Å². The fraction of sp³-hybridized carbons (Fsp3) is 0.350. The van der Waals surface area contributed by atoms with E-state index in [0.29, 0.717) is 25.1 Å². The van der Waals surface area contributed by atoms with Crippen molar-refractivity contribution in [1.29, 1.82) is 0 Å². The summed E-state index contributed by atoms with van der Waals surface area (Å²) in [6.07, 6.45) is 1.57. The third-order valence-corrected chi connectivity index (χ3v) is 6.44. The Labute approximate surface area is 160 Å². The van der Waals surface area contributed by atoms with Crippen LogP contribution in [0.1, 0.15) is 22.3 Å². The van der Waals surface area contributed by atoms with E-state index in [1.807, 2.05) is 38.4 Å². The number of hydrogen-bond acceptors (Lipinski definition) is 4. The third-order valence-electron chi connectivity index (χ3n) is 4.62. The van der Waals surface area contributed by atoms with E-state index >= 15 is 0 Å². The number of benzene rings is 2. The number of rotatable bonds is 7. The summed E-state index contributed by atoms with van der Waals surface area (Å²) >= 11 is 0. The van der Waals surface area contributed by atoms with Crippen LogP contribution < -0.4 is 9.62 Å². The molecule has 0 spiro atoms. The Morgan fingerprint density at radius 3 is 2.52 bits per heavy atom. The van der Waals surface area contributed by atoms with Crippen LogP contribution in [-0.2, 0) is 16.4 Å². The van der Waals surface area contributed by atoms with Gasteiger partial charge in [-0.15, -0.1) is 0 Å². The van der Waals surface area contributed by atoms with Gasteiger partial charge in [-0.05, 0) is 69.4 Å². The summed E-state index contributed by atoms with van der Waals surface area (Å²) in [4.78, 5) is 14.4. The molecule has 6 nitrogen and oxygen atoms in total. The Bertz CT molecular complexity index is 908. The van der Waals surface area contributed by atoms with Crippen LogP contribution in [0, 0.1) is 0 Å². The first kappa shape index (κ1) is 19.4. The predicted octanol–water partition coefficient (Wildman–Crippen LogP) is 2.12. The molecule has 0 atom stereocenters. The Balaban J connectivity index is 1.69. The van der Waals surface area contributed by atoms with E-state index < -0.39 is 10.0 Å². The predicted molar refractivity (Wildman–Crippen MR) is 107 cm³/mol. The van der Waals surface area contributed by atoms with Gasteiger partial charge in [0.1, 0.15) is 0 Å². The zero-order valence-corrected chi connectivity index (χ0v) is 16.5. The lowest BCUT2D eigenvalue weighted by molar-refractivity contribution is 0.0952. The van der Waals surface area contributed by atoms with Gasteiger partial charge in [0.05, 0.1) is 10.6 Å². The lowest BCUT2D eigenvalue weighted by atomic mass is 10.2. The van der Waals surface area contributed by atoms with E-state index in [1.165, 1.54) is 16.4 Å². The maximum Gasteiger partial charge on any atom is 0.264 e. The zero-order valence-electron chi connectivity index (χ0n) is 15.7. The van der Waals surface area contributed by atoms with Gasteiger partial charge in [-0.1, -0.05) is 18.2 Å². The van der Waals surface area contributed by atoms with Crippen molar-refractivity contribution >= 4 is 21.6 Å². The number of carbonyl (C=O) groups excluding carboxylic acids is 1. The molecular formula is C20H25N3O3S. The van der Waals surface area contributed by atoms with E-state index in [4.69, 9.17) is 0 Å². The van der Waals surface area contributed by atoms with Gasteiger partial charge in [0, 0.05) is 18.7 Å². The van der Waals surface area contributed by atoms with Crippen LogP contribution >= 0.6 is 0 Å². The molecule has 1 amide bonds. The lowest BCUT2D eigenvalue weighted by Crippen LogP contribution is -2.29. The molecule has 1 N–H and O–H groups in total. The number of para-hydroxylation sites is 1. The van der Waals surface area contributed by atoms with Gasteiger partial charge in [0.15, 0.2) is 0 Å². The van der Waals surface area contributed by atoms with Crippen molar-refractivity contribution in [3.63, 3.8) is 0 Å². The molecule has 0 saturated heterocycles. The van der Waals surface area contributed by atoms with Crippen molar-refractivity contribution in [2.75, 3.05) is 38.0 Å². The first-order chi connectivity index (χ1) is 12.9. The summed E-state index contributed by atoms with van der Waals surface area (Å²) in [6.45, 7) is 1.92. The first-order valence-corrected chi connectivity index (χ1v) is 10.5. The number of fused-ring (bicyclic) bond motifs is 1. The Kier molecular flexibility index (Phi) is 5.82. The smallest absolute Gasteiger partial charge is 0.264 e. The molecule has 2 aromatic rings. The third kappa shape index (κ3) is 4.31. The molecule has 3 rings (SSSR count). The number of anilines is 1. The Morgan fingerprint density at radius 2 is 1.81 bits per heavy atom. The van der Waals surface area contributed by atoms with Crippen LogP contribution in [0.2, 0.25) is 0 Å². The number of nitrogens with zero attached hydrogens (tertiary/aromatic N) is 2. The molecule has 0 aromatic heterocycles. The summed E-state index contributed by atoms with van der Waals surface area (Å²) in [7, 11) is 0.343. The number of amides is 1. The normalized spacial score (nSPS) is 13.7. The Hall–Kier alpha value is -2.38. The van der Waals surface area contributed by atoms with Gasteiger partial charge in [0.2, 0.25) is 0 Å². The highest BCUT2D eigenvalue weighted by Gasteiger charge is 2.30. The molecule has 0 bridgehead atoms. The van der Waals surface area contributed by atoms with E-state index in [0.717, 1.165) is 24.2 Å². The van der Waals surface area contributed by atoms with E-state index in [2.05, 4.69) is 10.2 Å². The molecule has 0 saturated carbocycles. The fourth-order valence-electron chi connectivity index (χ4n) is 3.16. The molecule has 1 aliphatic heterocycles. The SMILES string of the molecule is CN(C)CCCNC(=O)c1ccc(S(=O)(=O)N2CCc3ccccc32)cc1. The molecular weight excluding hydrogens is 362 g/mol. The van der Waals surface area contributed by atoms with Crippen LogP contribution in [0.15, 0.2) is 53.4 Å². The molecule has 0 aliphatic carbocycles. The van der Waals surface area contributed by atoms with E-state index in [-0.39, 0.29) is 10.8 Å². The van der Waals surface area contributed by atoms with Gasteiger partial charge < -0.3 is 10.2 Å². The number of hydrogen-bond donors (Lipinski definition) is 1. The highest BCUT2D eigenvalue weighted by atomic mass is 32.2. The molecule has 7 heteroatoms. The topological polar surface area (TPSA) is 69.7 Å². The largest absolute Gasteiger partial charge is 0.352 e. The minimum Gasteiger partial charge on any atom is -0.352 e. The maximum absolute atomic E-state index is 13.0. The van der Waals surface area contributed by atoms with Crippen molar-refractivity contribution in [1.82, 2.24) is 10.2 Å². The van der Waals surface area contributed by atoms with Crippen LogP contribution in [0.5, 0.6) is 0 Å². The standard InChI is InChI=1S/C20H25N3O3S/c1-22(2)14-5-13-21-20(24)17-8-10-18(11-9-17)27(25,26)23-15-12-16-6-3-4-7-19(16)23/h3-4,6-11H,5,12-15H2,1-2H3,(H,21,24). The van der Waals surface area contributed by atoms with Crippen molar-refractivity contribution in [2.45, 2.75) is 17.7 Å². The monoisotopic (exact) mass is 387 g/mol. The van der Waals surface area contributed by atoms with Gasteiger partial charge in [0.25, 0.3) is 15.9 Å². The highest BCUT2D eigenvalue weighted by molar-refractivity contribution is 7.92. The minimum atomic E-state index is -3.63. The molecule has 1 heterocycles. The maximum atomic E-state index is 13.0. The second-order valence-electron chi connectivity index (χ2n) is 6.89. The fourth-order valence-corrected chi connectivity index (χ4v) is 4.67. The van der Waals surface area contributed by atoms with Gasteiger partial charge >= 0.3 is 0 Å². The molecule has 0 fully saturated rings. The molecule has 144 valence electrons. The van der Waals surface area contributed by atoms with Crippen molar-refractivity contribution in [3.05, 3.63) is 59.7 Å². The van der Waals surface area contributed by atoms with Gasteiger partial charge in [-0.25, -0.2) is 8.42 Å². The van der Waals surface area contributed by atoms with Crippen LogP contribution in [0.25, 0.3) is 0 Å². The molecule has 0 radical (unpaired) electrons. The molecule has 1 aliphatic rings. The average molecular weight is 388 g/mol. The lowest BCUT2D eigenvalue weighted by Gasteiger charge is -2.19. The van der Waals surface area contributed by atoms with E-state index in [9.17, 15) is 13.2 Å². The molecule has 2 aromatic carbocycles. The van der Waals surface area contributed by atoms with Crippen LogP contribution in [0.4, 0.5) is 5.69 Å².